The monoisotopic (exact) mass is 850 g/mol. The number of amides is 1. The molecule has 0 fully saturated rings. The molecule has 0 saturated carbocycles. The maximum atomic E-state index is 12.9. The Bertz CT molecular complexity index is 1140. The van der Waals surface area contributed by atoms with Gasteiger partial charge in [0.25, 0.3) is 0 Å². The van der Waals surface area contributed by atoms with Crippen LogP contribution >= 0.6 is 7.82 Å². The van der Waals surface area contributed by atoms with Crippen LogP contribution in [0.1, 0.15) is 200 Å². The van der Waals surface area contributed by atoms with E-state index in [2.05, 4.69) is 67.8 Å². The fourth-order valence-corrected chi connectivity index (χ4v) is 7.33. The second-order valence-corrected chi connectivity index (χ2v) is 18.9. The molecule has 0 aliphatic heterocycles. The van der Waals surface area contributed by atoms with Crippen molar-refractivity contribution in [3.8, 4) is 0 Å². The van der Waals surface area contributed by atoms with Crippen LogP contribution < -0.4 is 5.32 Å². The van der Waals surface area contributed by atoms with Gasteiger partial charge in [0.2, 0.25) is 5.91 Å². The van der Waals surface area contributed by atoms with E-state index in [0.29, 0.717) is 17.4 Å². The minimum atomic E-state index is -4.35. The Labute approximate surface area is 364 Å². The predicted molar refractivity (Wildman–Crippen MR) is 254 cm³/mol. The predicted octanol–water partition coefficient (Wildman–Crippen LogP) is 13.8. The van der Waals surface area contributed by atoms with E-state index in [1.54, 1.807) is 6.08 Å². The van der Waals surface area contributed by atoms with Gasteiger partial charge in [0.05, 0.1) is 39.9 Å². The summed E-state index contributed by atoms with van der Waals surface area (Å²) < 4.78 is 23.6. The number of carbonyl (C=O) groups excluding carboxylic acids is 1. The van der Waals surface area contributed by atoms with Gasteiger partial charge in [-0.05, 0) is 70.6 Å². The van der Waals surface area contributed by atoms with Crippen molar-refractivity contribution in [1.82, 2.24) is 5.32 Å². The number of phosphoric ester groups is 1. The highest BCUT2D eigenvalue weighted by molar-refractivity contribution is 7.47. The fraction of sp³-hybridized carbons (Fsp3) is 0.780. The number of nitrogens with zero attached hydrogens (tertiary/aromatic N) is 1. The van der Waals surface area contributed by atoms with Gasteiger partial charge in [0.1, 0.15) is 13.2 Å². The van der Waals surface area contributed by atoms with Crippen molar-refractivity contribution in [1.29, 1.82) is 0 Å². The van der Waals surface area contributed by atoms with E-state index in [9.17, 15) is 19.4 Å². The SMILES string of the molecule is CCCCC/C=C\C=C/CCCCCCCCCCCCC(=O)NC(COP(=O)(O)OCC[N+](C)(C)C)C(O)/C=C/CC/C=C/CC/C=C/CCCCCCCCCC. The molecule has 0 aliphatic rings. The van der Waals surface area contributed by atoms with Crippen LogP contribution in [0.3, 0.4) is 0 Å². The summed E-state index contributed by atoms with van der Waals surface area (Å²) in [4.78, 5) is 23.2. The number of hydrogen-bond acceptors (Lipinski definition) is 5. The summed E-state index contributed by atoms with van der Waals surface area (Å²) in [6.45, 7) is 4.75. The lowest BCUT2D eigenvalue weighted by molar-refractivity contribution is -0.870. The number of aliphatic hydroxyl groups excluding tert-OH is 1. The van der Waals surface area contributed by atoms with Crippen LogP contribution in [0.4, 0.5) is 0 Å². The molecule has 59 heavy (non-hydrogen) atoms. The Morgan fingerprint density at radius 3 is 1.49 bits per heavy atom. The molecule has 0 heterocycles. The van der Waals surface area contributed by atoms with Crippen LogP contribution in [0.15, 0.2) is 60.8 Å². The van der Waals surface area contributed by atoms with Gasteiger partial charge in [0, 0.05) is 6.42 Å². The van der Waals surface area contributed by atoms with Crippen LogP contribution in [-0.4, -0.2) is 73.4 Å². The lowest BCUT2D eigenvalue weighted by Crippen LogP contribution is -2.45. The Kier molecular flexibility index (Phi) is 40.3. The Balaban J connectivity index is 4.45. The van der Waals surface area contributed by atoms with Gasteiger partial charge in [-0.15, -0.1) is 0 Å². The molecule has 0 rings (SSSR count). The van der Waals surface area contributed by atoms with E-state index in [1.807, 2.05) is 27.2 Å². The molecule has 1 amide bonds. The summed E-state index contributed by atoms with van der Waals surface area (Å²) in [5.74, 6) is -0.197. The summed E-state index contributed by atoms with van der Waals surface area (Å²) in [5.41, 5.74) is 0. The molecule has 3 N–H and O–H groups in total. The van der Waals surface area contributed by atoms with Crippen molar-refractivity contribution in [3.05, 3.63) is 60.8 Å². The molecule has 0 aromatic carbocycles. The molecule has 3 atom stereocenters. The minimum absolute atomic E-state index is 0.0509. The van der Waals surface area contributed by atoms with E-state index < -0.39 is 20.0 Å². The molecule has 0 aromatic rings. The number of likely N-dealkylation sites (N-methyl/N-ethyl adjacent to an activating group) is 1. The molecule has 344 valence electrons. The number of quaternary nitrogens is 1. The molecule has 0 aliphatic carbocycles. The van der Waals surface area contributed by atoms with Crippen molar-refractivity contribution in [2.24, 2.45) is 0 Å². The van der Waals surface area contributed by atoms with Gasteiger partial charge in [-0.2, -0.15) is 0 Å². The quantitative estimate of drug-likeness (QED) is 0.0186. The normalized spacial score (nSPS) is 14.8. The van der Waals surface area contributed by atoms with E-state index in [-0.39, 0.29) is 19.1 Å². The first-order chi connectivity index (χ1) is 28.5. The first-order valence-corrected chi connectivity index (χ1v) is 25.7. The summed E-state index contributed by atoms with van der Waals surface area (Å²) in [6, 6.07) is -0.873. The minimum Gasteiger partial charge on any atom is -0.387 e. The Morgan fingerprint density at radius 1 is 0.576 bits per heavy atom. The van der Waals surface area contributed by atoms with Gasteiger partial charge < -0.3 is 19.8 Å². The van der Waals surface area contributed by atoms with E-state index in [4.69, 9.17) is 9.05 Å². The van der Waals surface area contributed by atoms with Crippen molar-refractivity contribution >= 4 is 13.7 Å². The molecule has 0 bridgehead atoms. The highest BCUT2D eigenvalue weighted by Crippen LogP contribution is 2.43. The number of carbonyl (C=O) groups is 1. The Hall–Kier alpha value is -1.80. The van der Waals surface area contributed by atoms with Crippen LogP contribution in [0.25, 0.3) is 0 Å². The highest BCUT2D eigenvalue weighted by atomic mass is 31.2. The van der Waals surface area contributed by atoms with Crippen molar-refractivity contribution in [3.63, 3.8) is 0 Å². The Morgan fingerprint density at radius 2 is 0.983 bits per heavy atom. The fourth-order valence-electron chi connectivity index (χ4n) is 6.59. The summed E-state index contributed by atoms with van der Waals surface area (Å²) in [6.07, 6.45) is 54.3. The lowest BCUT2D eigenvalue weighted by atomic mass is 10.0. The molecule has 9 heteroatoms. The van der Waals surface area contributed by atoms with Crippen molar-refractivity contribution < 1.29 is 32.9 Å². The number of unbranched alkanes of at least 4 members (excludes halogenated alkanes) is 23. The zero-order valence-corrected chi connectivity index (χ0v) is 39.9. The van der Waals surface area contributed by atoms with Crippen molar-refractivity contribution in [2.45, 2.75) is 212 Å². The summed E-state index contributed by atoms with van der Waals surface area (Å²) in [5, 5.41) is 13.8. The summed E-state index contributed by atoms with van der Waals surface area (Å²) >= 11 is 0. The molecular weight excluding hydrogens is 756 g/mol. The maximum Gasteiger partial charge on any atom is 0.472 e. The molecule has 0 aromatic heterocycles. The highest BCUT2D eigenvalue weighted by Gasteiger charge is 2.27. The van der Waals surface area contributed by atoms with Gasteiger partial charge in [-0.1, -0.05) is 184 Å². The zero-order chi connectivity index (χ0) is 43.6. The number of allylic oxidation sites excluding steroid dienone is 9. The molecule has 0 saturated heterocycles. The molecular formula is C50H94N2O6P+. The van der Waals surface area contributed by atoms with Crippen LogP contribution in [-0.2, 0) is 18.4 Å². The first kappa shape index (κ1) is 57.2. The molecule has 3 unspecified atom stereocenters. The summed E-state index contributed by atoms with van der Waals surface area (Å²) in [7, 11) is 1.54. The first-order valence-electron chi connectivity index (χ1n) is 24.2. The topological polar surface area (TPSA) is 105 Å². The van der Waals surface area contributed by atoms with Crippen LogP contribution in [0.2, 0.25) is 0 Å². The average molecular weight is 850 g/mol. The van der Waals surface area contributed by atoms with Crippen molar-refractivity contribution in [2.75, 3.05) is 40.9 Å². The zero-order valence-electron chi connectivity index (χ0n) is 39.0. The molecule has 8 nitrogen and oxygen atoms in total. The van der Waals surface area contributed by atoms with Gasteiger partial charge >= 0.3 is 7.82 Å². The average Bonchev–Trinajstić information content (AvgIpc) is 3.19. The number of hydrogen-bond donors (Lipinski definition) is 3. The van der Waals surface area contributed by atoms with E-state index in [1.165, 1.54) is 135 Å². The lowest BCUT2D eigenvalue weighted by Gasteiger charge is -2.25. The third-order valence-corrected chi connectivity index (χ3v) is 11.4. The largest absolute Gasteiger partial charge is 0.472 e. The third-order valence-electron chi connectivity index (χ3n) is 10.5. The van der Waals surface area contributed by atoms with E-state index >= 15 is 0 Å². The van der Waals surface area contributed by atoms with Gasteiger partial charge in [-0.25, -0.2) is 4.57 Å². The second kappa shape index (κ2) is 41.5. The number of aliphatic hydroxyl groups is 1. The number of rotatable bonds is 43. The smallest absolute Gasteiger partial charge is 0.387 e. The van der Waals surface area contributed by atoms with E-state index in [0.717, 1.165) is 44.9 Å². The van der Waals surface area contributed by atoms with Gasteiger partial charge in [0.15, 0.2) is 0 Å². The second-order valence-electron chi connectivity index (χ2n) is 17.5. The molecule has 0 radical (unpaired) electrons. The maximum absolute atomic E-state index is 12.9. The van der Waals surface area contributed by atoms with Crippen LogP contribution in [0, 0.1) is 0 Å². The van der Waals surface area contributed by atoms with Gasteiger partial charge in [-0.3, -0.25) is 13.8 Å². The molecule has 0 spiro atoms. The number of nitrogens with one attached hydrogen (secondary N) is 1. The van der Waals surface area contributed by atoms with Crippen LogP contribution in [0.5, 0.6) is 0 Å². The standard InChI is InChI=1S/C50H93N2O6P/c1-6-8-10-12-14-16-18-20-22-24-26-28-30-32-34-36-38-40-42-44-50(54)51-48(47-58-59(55,56)57-46-45-52(3,4)5)49(53)43-41-39-37-35-33-31-29-27-25-23-21-19-17-15-13-11-9-7-2/h14,16,18,20,25,27,33,35,41,43,48-49,53H,6-13,15,17,19,21-24,26,28-32,34,36-40,42,44-47H2,1-5H3,(H-,51,54,55,56)/p+1/b16-14-,20-18-,27-25+,35-33+,43-41+. The number of phosphoric acid groups is 1. The third kappa shape index (κ3) is 44.1.